The molecule has 3 rings (SSSR count). The molecule has 0 atom stereocenters. The number of benzene rings is 2. The number of primary sulfonamides is 1. The van der Waals surface area contributed by atoms with E-state index in [0.717, 1.165) is 11.3 Å². The van der Waals surface area contributed by atoms with Crippen LogP contribution in [-0.2, 0) is 14.8 Å². The molecule has 0 bridgehead atoms. The van der Waals surface area contributed by atoms with Crippen LogP contribution in [-0.4, -0.2) is 24.2 Å². The summed E-state index contributed by atoms with van der Waals surface area (Å²) in [6, 6.07) is 9.97. The van der Waals surface area contributed by atoms with E-state index < -0.39 is 20.9 Å². The van der Waals surface area contributed by atoms with Crippen molar-refractivity contribution >= 4 is 54.4 Å². The van der Waals surface area contributed by atoms with Gasteiger partial charge in [-0.15, -0.1) is 0 Å². The van der Waals surface area contributed by atoms with Gasteiger partial charge in [-0.25, -0.2) is 18.5 Å². The first-order chi connectivity index (χ1) is 12.7. The molecule has 27 heavy (non-hydrogen) atoms. The van der Waals surface area contributed by atoms with Crippen molar-refractivity contribution < 1.29 is 18.1 Å². The normalized spacial score (nSPS) is 11.7. The molecule has 0 unspecified atom stereocenters. The first-order valence-electron chi connectivity index (χ1n) is 7.39. The van der Waals surface area contributed by atoms with Crippen LogP contribution in [0.15, 0.2) is 53.4 Å². The molecule has 3 aromatic rings. The highest BCUT2D eigenvalue weighted by Gasteiger charge is 2.12. The van der Waals surface area contributed by atoms with Gasteiger partial charge in [0, 0.05) is 18.2 Å². The number of rotatable bonds is 5. The third-order valence-electron chi connectivity index (χ3n) is 3.45. The van der Waals surface area contributed by atoms with Gasteiger partial charge in [-0.3, -0.25) is 20.2 Å². The van der Waals surface area contributed by atoms with E-state index in [1.54, 1.807) is 0 Å². The fourth-order valence-electron chi connectivity index (χ4n) is 2.16. The number of thiazole rings is 1. The Morgan fingerprint density at radius 3 is 2.56 bits per heavy atom. The number of nitrogens with one attached hydrogen (secondary N) is 1. The summed E-state index contributed by atoms with van der Waals surface area (Å²) in [5.74, 6) is -0.445. The molecule has 0 saturated carbocycles. The lowest BCUT2D eigenvalue weighted by atomic mass is 10.2. The summed E-state index contributed by atoms with van der Waals surface area (Å²) < 4.78 is 23.3. The zero-order valence-electron chi connectivity index (χ0n) is 13.5. The molecule has 0 aliphatic heterocycles. The first-order valence-corrected chi connectivity index (χ1v) is 9.75. The second-order valence-electron chi connectivity index (χ2n) is 5.36. The third kappa shape index (κ3) is 4.53. The molecule has 9 nitrogen and oxygen atoms in total. The smallest absolute Gasteiger partial charge is 0.269 e. The maximum absolute atomic E-state index is 12.0. The van der Waals surface area contributed by atoms with E-state index in [1.165, 1.54) is 54.6 Å². The van der Waals surface area contributed by atoms with Crippen LogP contribution < -0.4 is 10.5 Å². The number of hydrogen-bond acceptors (Lipinski definition) is 7. The number of non-ortho nitro benzene ring substituents is 1. The predicted octanol–water partition coefficient (Wildman–Crippen LogP) is 2.50. The fraction of sp³-hybridized carbons (Fsp3) is 0. The van der Waals surface area contributed by atoms with Crippen LogP contribution in [0.25, 0.3) is 16.3 Å². The summed E-state index contributed by atoms with van der Waals surface area (Å²) in [4.78, 5) is 26.3. The number of nitro benzene ring substituents is 1. The lowest BCUT2D eigenvalue weighted by molar-refractivity contribution is -0.384. The molecule has 0 fully saturated rings. The van der Waals surface area contributed by atoms with Gasteiger partial charge in [-0.1, -0.05) is 11.3 Å². The Balaban J connectivity index is 1.72. The quantitative estimate of drug-likeness (QED) is 0.379. The summed E-state index contributed by atoms with van der Waals surface area (Å²) in [5, 5.41) is 18.6. The minimum atomic E-state index is -3.82. The molecule has 11 heteroatoms. The maximum Gasteiger partial charge on any atom is 0.269 e. The number of sulfonamides is 1. The van der Waals surface area contributed by atoms with E-state index in [2.05, 4.69) is 10.3 Å². The number of fused-ring (bicyclic) bond motifs is 1. The number of aromatic nitrogens is 1. The average molecular weight is 404 g/mol. The molecule has 1 heterocycles. The number of amides is 1. The first kappa shape index (κ1) is 18.6. The molecule has 0 aliphatic rings. The van der Waals surface area contributed by atoms with Gasteiger partial charge in [-0.05, 0) is 42.0 Å². The Hall–Kier alpha value is -3.15. The molecule has 0 saturated heterocycles. The summed E-state index contributed by atoms with van der Waals surface area (Å²) >= 11 is 1.11. The van der Waals surface area contributed by atoms with Crippen LogP contribution in [0.1, 0.15) is 5.56 Å². The number of carbonyl (C=O) groups excluding carboxylic acids is 1. The number of anilines is 1. The molecule has 1 amide bonds. The fourth-order valence-corrected chi connectivity index (χ4v) is 3.68. The Labute approximate surface area is 157 Å². The zero-order valence-corrected chi connectivity index (χ0v) is 15.2. The van der Waals surface area contributed by atoms with Gasteiger partial charge in [0.05, 0.1) is 20.0 Å². The molecule has 2 aromatic carbocycles. The summed E-state index contributed by atoms with van der Waals surface area (Å²) in [5.41, 5.74) is 1.12. The summed E-state index contributed by atoms with van der Waals surface area (Å²) in [6.45, 7) is 0. The lowest BCUT2D eigenvalue weighted by Gasteiger charge is -1.96. The van der Waals surface area contributed by atoms with Crippen molar-refractivity contribution in [3.05, 3.63) is 64.2 Å². The SMILES string of the molecule is NS(=O)(=O)c1ccc2nc(NC(=O)C=Cc3ccc([N+](=O)[O-])cc3)sc2c1. The van der Waals surface area contributed by atoms with E-state index in [1.807, 2.05) is 0 Å². The summed E-state index contributed by atoms with van der Waals surface area (Å²) in [6.07, 6.45) is 2.77. The topological polar surface area (TPSA) is 145 Å². The standard InChI is InChI=1S/C16H12N4O5S2/c17-27(24,25)12-6-7-13-14(9-12)26-16(18-13)19-15(21)8-3-10-1-4-11(5-2-10)20(22)23/h1-9H,(H2,17,24,25)(H,18,19,21). The van der Waals surface area contributed by atoms with E-state index in [9.17, 15) is 23.3 Å². The van der Waals surface area contributed by atoms with Crippen molar-refractivity contribution in [3.63, 3.8) is 0 Å². The van der Waals surface area contributed by atoms with Crippen molar-refractivity contribution in [2.45, 2.75) is 4.90 Å². The van der Waals surface area contributed by atoms with Gasteiger partial charge in [0.2, 0.25) is 15.9 Å². The Kier molecular flexibility index (Phi) is 4.99. The Morgan fingerprint density at radius 2 is 1.93 bits per heavy atom. The second-order valence-corrected chi connectivity index (χ2v) is 7.96. The number of hydrogen-bond donors (Lipinski definition) is 2. The van der Waals surface area contributed by atoms with E-state index >= 15 is 0 Å². The van der Waals surface area contributed by atoms with Gasteiger partial charge in [0.25, 0.3) is 5.69 Å². The Morgan fingerprint density at radius 1 is 1.22 bits per heavy atom. The van der Waals surface area contributed by atoms with E-state index in [4.69, 9.17) is 5.14 Å². The van der Waals surface area contributed by atoms with Crippen LogP contribution in [0.4, 0.5) is 10.8 Å². The van der Waals surface area contributed by atoms with Crippen molar-refractivity contribution in [2.24, 2.45) is 5.14 Å². The maximum atomic E-state index is 12.0. The van der Waals surface area contributed by atoms with Crippen LogP contribution in [0.5, 0.6) is 0 Å². The zero-order chi connectivity index (χ0) is 19.6. The summed E-state index contributed by atoms with van der Waals surface area (Å²) in [7, 11) is -3.82. The van der Waals surface area contributed by atoms with E-state index in [-0.39, 0.29) is 10.6 Å². The van der Waals surface area contributed by atoms with Crippen LogP contribution in [0, 0.1) is 10.1 Å². The van der Waals surface area contributed by atoms with Crippen LogP contribution >= 0.6 is 11.3 Å². The minimum absolute atomic E-state index is 0.0328. The van der Waals surface area contributed by atoms with Gasteiger partial charge >= 0.3 is 0 Å². The minimum Gasteiger partial charge on any atom is -0.298 e. The van der Waals surface area contributed by atoms with Crippen molar-refractivity contribution in [2.75, 3.05) is 5.32 Å². The molecular weight excluding hydrogens is 392 g/mol. The number of nitrogens with two attached hydrogens (primary N) is 1. The van der Waals surface area contributed by atoms with Crippen molar-refractivity contribution in [1.82, 2.24) is 4.98 Å². The van der Waals surface area contributed by atoms with Crippen LogP contribution in [0.3, 0.4) is 0 Å². The molecule has 138 valence electrons. The number of nitrogens with zero attached hydrogens (tertiary/aromatic N) is 2. The monoisotopic (exact) mass is 404 g/mol. The highest BCUT2D eigenvalue weighted by atomic mass is 32.2. The van der Waals surface area contributed by atoms with E-state index in [0.29, 0.717) is 20.9 Å². The van der Waals surface area contributed by atoms with Crippen molar-refractivity contribution in [1.29, 1.82) is 0 Å². The number of nitro groups is 1. The average Bonchev–Trinajstić information content (AvgIpc) is 3.00. The Bertz CT molecular complexity index is 1170. The number of carbonyl (C=O) groups is 1. The molecule has 0 aliphatic carbocycles. The predicted molar refractivity (Wildman–Crippen MR) is 102 cm³/mol. The molecule has 0 radical (unpaired) electrons. The lowest BCUT2D eigenvalue weighted by Crippen LogP contribution is -2.11. The largest absolute Gasteiger partial charge is 0.298 e. The molecule has 1 aromatic heterocycles. The van der Waals surface area contributed by atoms with Gasteiger partial charge in [0.15, 0.2) is 5.13 Å². The van der Waals surface area contributed by atoms with Gasteiger partial charge in [-0.2, -0.15) is 0 Å². The van der Waals surface area contributed by atoms with Crippen molar-refractivity contribution in [3.8, 4) is 0 Å². The van der Waals surface area contributed by atoms with Crippen LogP contribution in [0.2, 0.25) is 0 Å². The highest BCUT2D eigenvalue weighted by molar-refractivity contribution is 7.89. The third-order valence-corrected chi connectivity index (χ3v) is 5.29. The molecule has 0 spiro atoms. The van der Waals surface area contributed by atoms with Gasteiger partial charge < -0.3 is 0 Å². The molecule has 3 N–H and O–H groups in total. The highest BCUT2D eigenvalue weighted by Crippen LogP contribution is 2.27. The second kappa shape index (κ2) is 7.23. The van der Waals surface area contributed by atoms with Gasteiger partial charge in [0.1, 0.15) is 0 Å². The molecular formula is C16H12N4O5S2.